The van der Waals surface area contributed by atoms with Crippen molar-refractivity contribution in [2.75, 3.05) is 5.73 Å². The van der Waals surface area contributed by atoms with E-state index in [9.17, 15) is 0 Å². The van der Waals surface area contributed by atoms with Gasteiger partial charge in [0.25, 0.3) is 0 Å². The Hall–Kier alpha value is -1.81. The Labute approximate surface area is 113 Å². The molecule has 2 aromatic carbocycles. The number of anilines is 1. The third kappa shape index (κ3) is 2.11. The van der Waals surface area contributed by atoms with Crippen LogP contribution in [0, 0.1) is 0 Å². The number of fused-ring (bicyclic) bond motifs is 1. The van der Waals surface area contributed by atoms with Crippen LogP contribution in [0.4, 0.5) is 5.69 Å². The molecular weight excluding hydrogens is 292 g/mol. The Morgan fingerprint density at radius 1 is 1.17 bits per heavy atom. The summed E-state index contributed by atoms with van der Waals surface area (Å²) in [5.41, 5.74) is 9.35. The summed E-state index contributed by atoms with van der Waals surface area (Å²) in [4.78, 5) is 4.46. The minimum absolute atomic E-state index is 0.610. The van der Waals surface area contributed by atoms with Crippen LogP contribution in [0.1, 0.15) is 11.5 Å². The number of hydrogen-bond acceptors (Lipinski definition) is 3. The zero-order valence-electron chi connectivity index (χ0n) is 9.56. The predicted octanol–water partition coefficient (Wildman–Crippen LogP) is 3.76. The molecule has 0 radical (unpaired) electrons. The summed E-state index contributed by atoms with van der Waals surface area (Å²) in [6, 6.07) is 13.5. The largest absolute Gasteiger partial charge is 0.440 e. The molecule has 3 aromatic rings. The second-order valence-corrected chi connectivity index (χ2v) is 5.01. The molecule has 0 spiro atoms. The first kappa shape index (κ1) is 11.3. The minimum atomic E-state index is 0.610. The third-order valence-corrected chi connectivity index (χ3v) is 3.28. The maximum atomic E-state index is 5.91. The van der Waals surface area contributed by atoms with Gasteiger partial charge in [-0.15, -0.1) is 0 Å². The van der Waals surface area contributed by atoms with E-state index in [1.807, 2.05) is 42.5 Å². The number of para-hydroxylation sites is 1. The monoisotopic (exact) mass is 302 g/mol. The molecule has 0 aliphatic carbocycles. The van der Waals surface area contributed by atoms with E-state index < -0.39 is 0 Å². The summed E-state index contributed by atoms with van der Waals surface area (Å²) < 4.78 is 6.69. The van der Waals surface area contributed by atoms with Crippen molar-refractivity contribution >= 4 is 32.7 Å². The first-order valence-corrected chi connectivity index (χ1v) is 6.40. The van der Waals surface area contributed by atoms with Crippen LogP contribution in [0.5, 0.6) is 0 Å². The zero-order valence-corrected chi connectivity index (χ0v) is 11.1. The van der Waals surface area contributed by atoms with Crippen LogP contribution in [0.3, 0.4) is 0 Å². The fraction of sp³-hybridized carbons (Fsp3) is 0.0714. The van der Waals surface area contributed by atoms with Gasteiger partial charge in [-0.3, -0.25) is 0 Å². The molecule has 0 bridgehead atoms. The van der Waals surface area contributed by atoms with Gasteiger partial charge in [0.2, 0.25) is 0 Å². The molecule has 0 amide bonds. The van der Waals surface area contributed by atoms with E-state index in [1.54, 1.807) is 0 Å². The van der Waals surface area contributed by atoms with Gasteiger partial charge in [-0.05, 0) is 29.8 Å². The van der Waals surface area contributed by atoms with Crippen molar-refractivity contribution in [3.8, 4) is 0 Å². The van der Waals surface area contributed by atoms with Gasteiger partial charge in [0, 0.05) is 10.2 Å². The lowest BCUT2D eigenvalue weighted by molar-refractivity contribution is 0.544. The summed E-state index contributed by atoms with van der Waals surface area (Å²) in [7, 11) is 0. The van der Waals surface area contributed by atoms with Crippen molar-refractivity contribution in [2.24, 2.45) is 0 Å². The molecule has 0 aliphatic rings. The van der Waals surface area contributed by atoms with E-state index in [4.69, 9.17) is 10.2 Å². The lowest BCUT2D eigenvalue weighted by atomic mass is 10.1. The van der Waals surface area contributed by atoms with Gasteiger partial charge in [0.1, 0.15) is 5.52 Å². The van der Waals surface area contributed by atoms with Crippen molar-refractivity contribution in [1.29, 1.82) is 0 Å². The topological polar surface area (TPSA) is 52.0 Å². The van der Waals surface area contributed by atoms with Crippen molar-refractivity contribution in [3.63, 3.8) is 0 Å². The number of hydrogen-bond donors (Lipinski definition) is 1. The predicted molar refractivity (Wildman–Crippen MR) is 75.4 cm³/mol. The van der Waals surface area contributed by atoms with E-state index in [1.165, 1.54) is 0 Å². The molecule has 3 nitrogen and oxygen atoms in total. The number of halogens is 1. The van der Waals surface area contributed by atoms with E-state index >= 15 is 0 Å². The molecule has 0 unspecified atom stereocenters. The van der Waals surface area contributed by atoms with Crippen LogP contribution in [-0.4, -0.2) is 4.98 Å². The number of nitrogen functional groups attached to an aromatic ring is 1. The summed E-state index contributed by atoms with van der Waals surface area (Å²) in [5, 5.41) is 0. The van der Waals surface area contributed by atoms with Crippen molar-refractivity contribution < 1.29 is 4.42 Å². The number of benzene rings is 2. The van der Waals surface area contributed by atoms with Crippen LogP contribution in [0.25, 0.3) is 11.1 Å². The number of aromatic nitrogens is 1. The standard InChI is InChI=1S/C14H11BrN2O/c15-10-5-6-13-12(8-10)17-14(18-13)7-9-3-1-2-4-11(9)16/h1-6,8H,7,16H2. The Bertz CT molecular complexity index is 706. The van der Waals surface area contributed by atoms with Gasteiger partial charge in [-0.25, -0.2) is 4.98 Å². The fourth-order valence-corrected chi connectivity index (χ4v) is 2.23. The first-order valence-electron chi connectivity index (χ1n) is 5.61. The number of oxazole rings is 1. The fourth-order valence-electron chi connectivity index (χ4n) is 1.88. The van der Waals surface area contributed by atoms with Gasteiger partial charge >= 0.3 is 0 Å². The molecule has 0 saturated carbocycles. The summed E-state index contributed by atoms with van der Waals surface area (Å²) in [5.74, 6) is 0.681. The van der Waals surface area contributed by atoms with E-state index in [0.29, 0.717) is 12.3 Å². The summed E-state index contributed by atoms with van der Waals surface area (Å²) in [6.45, 7) is 0. The van der Waals surface area contributed by atoms with Crippen LogP contribution in [-0.2, 0) is 6.42 Å². The highest BCUT2D eigenvalue weighted by Gasteiger charge is 2.08. The maximum absolute atomic E-state index is 5.91. The Kier molecular flexibility index (Phi) is 2.80. The lowest BCUT2D eigenvalue weighted by Crippen LogP contribution is -1.95. The molecule has 18 heavy (non-hydrogen) atoms. The maximum Gasteiger partial charge on any atom is 0.199 e. The second-order valence-electron chi connectivity index (χ2n) is 4.10. The highest BCUT2D eigenvalue weighted by Crippen LogP contribution is 2.22. The van der Waals surface area contributed by atoms with Gasteiger partial charge in [-0.1, -0.05) is 34.1 Å². The van der Waals surface area contributed by atoms with Crippen LogP contribution in [0.2, 0.25) is 0 Å². The molecule has 0 saturated heterocycles. The smallest absolute Gasteiger partial charge is 0.199 e. The Morgan fingerprint density at radius 3 is 2.83 bits per heavy atom. The molecule has 2 N–H and O–H groups in total. The van der Waals surface area contributed by atoms with Crippen molar-refractivity contribution in [2.45, 2.75) is 6.42 Å². The van der Waals surface area contributed by atoms with Crippen LogP contribution >= 0.6 is 15.9 Å². The van der Waals surface area contributed by atoms with Crippen molar-refractivity contribution in [1.82, 2.24) is 4.98 Å². The number of rotatable bonds is 2. The summed E-state index contributed by atoms with van der Waals surface area (Å²) in [6.07, 6.45) is 0.610. The Morgan fingerprint density at radius 2 is 2.00 bits per heavy atom. The van der Waals surface area contributed by atoms with E-state index in [-0.39, 0.29) is 0 Å². The average molecular weight is 303 g/mol. The Balaban J connectivity index is 1.98. The second kappa shape index (κ2) is 4.46. The summed E-state index contributed by atoms with van der Waals surface area (Å²) >= 11 is 3.42. The van der Waals surface area contributed by atoms with Gasteiger partial charge in [-0.2, -0.15) is 0 Å². The zero-order chi connectivity index (χ0) is 12.5. The average Bonchev–Trinajstić information content (AvgIpc) is 2.73. The molecular formula is C14H11BrN2O. The van der Waals surface area contributed by atoms with Crippen LogP contribution < -0.4 is 5.73 Å². The van der Waals surface area contributed by atoms with Gasteiger partial charge in [0.15, 0.2) is 11.5 Å². The lowest BCUT2D eigenvalue weighted by Gasteiger charge is -2.01. The molecule has 3 rings (SSSR count). The van der Waals surface area contributed by atoms with E-state index in [0.717, 1.165) is 26.8 Å². The van der Waals surface area contributed by atoms with Gasteiger partial charge < -0.3 is 10.2 Å². The molecule has 0 atom stereocenters. The molecule has 1 heterocycles. The van der Waals surface area contributed by atoms with E-state index in [2.05, 4.69) is 20.9 Å². The van der Waals surface area contributed by atoms with Crippen LogP contribution in [0.15, 0.2) is 51.4 Å². The minimum Gasteiger partial charge on any atom is -0.440 e. The quantitative estimate of drug-likeness (QED) is 0.733. The van der Waals surface area contributed by atoms with Gasteiger partial charge in [0.05, 0.1) is 6.42 Å². The number of nitrogens with two attached hydrogens (primary N) is 1. The third-order valence-electron chi connectivity index (χ3n) is 2.79. The molecule has 4 heteroatoms. The highest BCUT2D eigenvalue weighted by molar-refractivity contribution is 9.10. The molecule has 1 aromatic heterocycles. The molecule has 90 valence electrons. The molecule has 0 aliphatic heterocycles. The SMILES string of the molecule is Nc1ccccc1Cc1nc2cc(Br)ccc2o1. The highest BCUT2D eigenvalue weighted by atomic mass is 79.9. The first-order chi connectivity index (χ1) is 8.72. The van der Waals surface area contributed by atoms with Crippen molar-refractivity contribution in [3.05, 3.63) is 58.4 Å². The number of nitrogens with zero attached hydrogens (tertiary/aromatic N) is 1. The molecule has 0 fully saturated rings. The normalized spacial score (nSPS) is 10.9.